The number of anilines is 1. The summed E-state index contributed by atoms with van der Waals surface area (Å²) in [6, 6.07) is 15.1. The van der Waals surface area contributed by atoms with Gasteiger partial charge in [-0.05, 0) is 23.6 Å². The lowest BCUT2D eigenvalue weighted by molar-refractivity contribution is 0.628. The molecule has 0 atom stereocenters. The van der Waals surface area contributed by atoms with Crippen molar-refractivity contribution < 1.29 is 4.39 Å². The van der Waals surface area contributed by atoms with Crippen LogP contribution in [0.25, 0.3) is 21.3 Å². The van der Waals surface area contributed by atoms with E-state index in [1.807, 2.05) is 47.2 Å². The number of thiazole rings is 1. The Hall–Kier alpha value is -2.57. The molecule has 3 nitrogen and oxygen atoms in total. The summed E-state index contributed by atoms with van der Waals surface area (Å²) in [5.74, 6) is -0.282. The summed E-state index contributed by atoms with van der Waals surface area (Å²) in [6.45, 7) is 0. The maximum Gasteiger partial charge on any atom is 0.203 e. The fraction of sp³-hybridized carbons (Fsp3) is 0. The van der Waals surface area contributed by atoms with E-state index in [1.165, 1.54) is 23.6 Å². The van der Waals surface area contributed by atoms with E-state index in [0.717, 1.165) is 21.3 Å². The summed E-state index contributed by atoms with van der Waals surface area (Å²) < 4.78 is 15.1. The first-order chi connectivity index (χ1) is 11.8. The second kappa shape index (κ2) is 6.51. The number of nitrogens with one attached hydrogen (secondary N) is 1. The highest BCUT2D eigenvalue weighted by Crippen LogP contribution is 2.26. The number of halogens is 1. The molecule has 0 spiro atoms. The van der Waals surface area contributed by atoms with Gasteiger partial charge in [-0.15, -0.1) is 22.7 Å². The molecule has 4 rings (SSSR count). The van der Waals surface area contributed by atoms with Crippen LogP contribution < -0.4 is 5.43 Å². The molecule has 2 aromatic carbocycles. The third-order valence-electron chi connectivity index (χ3n) is 3.55. The summed E-state index contributed by atoms with van der Waals surface area (Å²) in [5, 5.41) is 9.60. The van der Waals surface area contributed by atoms with Crippen LogP contribution in [0.3, 0.4) is 0 Å². The zero-order valence-electron chi connectivity index (χ0n) is 12.4. The van der Waals surface area contributed by atoms with Gasteiger partial charge in [0.25, 0.3) is 0 Å². The van der Waals surface area contributed by atoms with Crippen LogP contribution in [0.5, 0.6) is 0 Å². The number of hydrogen-bond acceptors (Lipinski definition) is 5. The van der Waals surface area contributed by atoms with Crippen LogP contribution >= 0.6 is 22.7 Å². The number of rotatable bonds is 4. The lowest BCUT2D eigenvalue weighted by atomic mass is 10.1. The number of hydrogen-bond donors (Lipinski definition) is 1. The SMILES string of the molecule is Fc1ccc2sccc2c1C=NNc1nc(-c2ccccc2)cs1. The molecule has 0 fully saturated rings. The first-order valence-corrected chi connectivity index (χ1v) is 9.03. The fourth-order valence-electron chi connectivity index (χ4n) is 2.39. The van der Waals surface area contributed by atoms with Crippen LogP contribution in [0.1, 0.15) is 5.56 Å². The predicted octanol–water partition coefficient (Wildman–Crippen LogP) is 5.61. The maximum absolute atomic E-state index is 14.0. The molecule has 2 heterocycles. The highest BCUT2D eigenvalue weighted by molar-refractivity contribution is 7.17. The van der Waals surface area contributed by atoms with Gasteiger partial charge in [0.15, 0.2) is 0 Å². The van der Waals surface area contributed by atoms with Gasteiger partial charge in [0.1, 0.15) is 5.82 Å². The third kappa shape index (κ3) is 2.93. The van der Waals surface area contributed by atoms with Gasteiger partial charge < -0.3 is 0 Å². The molecule has 0 aliphatic heterocycles. The summed E-state index contributed by atoms with van der Waals surface area (Å²) >= 11 is 3.04. The van der Waals surface area contributed by atoms with Gasteiger partial charge in [0, 0.05) is 26.6 Å². The zero-order chi connectivity index (χ0) is 16.4. The molecule has 118 valence electrons. The van der Waals surface area contributed by atoms with Crippen molar-refractivity contribution in [2.45, 2.75) is 0 Å². The molecule has 6 heteroatoms. The molecule has 0 radical (unpaired) electrons. The van der Waals surface area contributed by atoms with Crippen LogP contribution in [-0.2, 0) is 0 Å². The summed E-state index contributed by atoms with van der Waals surface area (Å²) in [5.41, 5.74) is 5.32. The molecule has 0 saturated heterocycles. The molecule has 1 N–H and O–H groups in total. The second-order valence-corrected chi connectivity index (χ2v) is 6.87. The number of aromatic nitrogens is 1. The Morgan fingerprint density at radius 2 is 1.92 bits per heavy atom. The Bertz CT molecular complexity index is 1010. The average Bonchev–Trinajstić information content (AvgIpc) is 3.27. The number of thiophene rings is 1. The first kappa shape index (κ1) is 15.0. The Balaban J connectivity index is 1.54. The van der Waals surface area contributed by atoms with Gasteiger partial charge in [-0.3, -0.25) is 5.43 Å². The minimum atomic E-state index is -0.282. The lowest BCUT2D eigenvalue weighted by Gasteiger charge is -1.99. The highest BCUT2D eigenvalue weighted by Gasteiger charge is 2.07. The lowest BCUT2D eigenvalue weighted by Crippen LogP contribution is -1.93. The van der Waals surface area contributed by atoms with E-state index in [0.29, 0.717) is 10.7 Å². The van der Waals surface area contributed by atoms with Crippen molar-refractivity contribution >= 4 is 44.1 Å². The van der Waals surface area contributed by atoms with Gasteiger partial charge in [-0.25, -0.2) is 9.37 Å². The van der Waals surface area contributed by atoms with Crippen molar-refractivity contribution in [1.82, 2.24) is 4.98 Å². The second-order valence-electron chi connectivity index (χ2n) is 5.07. The molecule has 0 saturated carbocycles. The Kier molecular flexibility index (Phi) is 4.06. The minimum Gasteiger partial charge on any atom is -0.253 e. The highest BCUT2D eigenvalue weighted by atomic mass is 32.1. The van der Waals surface area contributed by atoms with Crippen LogP contribution in [0, 0.1) is 5.82 Å². The number of benzene rings is 2. The number of hydrazone groups is 1. The van der Waals surface area contributed by atoms with Gasteiger partial charge in [0.2, 0.25) is 5.13 Å². The first-order valence-electron chi connectivity index (χ1n) is 7.27. The van der Waals surface area contributed by atoms with Crippen molar-refractivity contribution in [2.75, 3.05) is 5.43 Å². The number of nitrogens with zero attached hydrogens (tertiary/aromatic N) is 2. The largest absolute Gasteiger partial charge is 0.253 e. The Morgan fingerprint density at radius 1 is 1.04 bits per heavy atom. The van der Waals surface area contributed by atoms with Crippen LogP contribution in [-0.4, -0.2) is 11.2 Å². The van der Waals surface area contributed by atoms with E-state index < -0.39 is 0 Å². The fourth-order valence-corrected chi connectivity index (χ4v) is 3.86. The quantitative estimate of drug-likeness (QED) is 0.382. The molecule has 0 amide bonds. The third-order valence-corrected chi connectivity index (χ3v) is 5.18. The van der Waals surface area contributed by atoms with E-state index >= 15 is 0 Å². The average molecular weight is 353 g/mol. The van der Waals surface area contributed by atoms with Crippen molar-refractivity contribution in [1.29, 1.82) is 0 Å². The van der Waals surface area contributed by atoms with E-state index in [2.05, 4.69) is 15.5 Å². The molecule has 4 aromatic rings. The van der Waals surface area contributed by atoms with E-state index in [1.54, 1.807) is 17.4 Å². The van der Waals surface area contributed by atoms with E-state index in [-0.39, 0.29) is 5.82 Å². The topological polar surface area (TPSA) is 37.3 Å². The van der Waals surface area contributed by atoms with E-state index in [4.69, 9.17) is 0 Å². The van der Waals surface area contributed by atoms with Gasteiger partial charge in [-0.2, -0.15) is 5.10 Å². The van der Waals surface area contributed by atoms with Crippen molar-refractivity contribution in [3.63, 3.8) is 0 Å². The van der Waals surface area contributed by atoms with E-state index in [9.17, 15) is 4.39 Å². The molecule has 0 aliphatic rings. The smallest absolute Gasteiger partial charge is 0.203 e. The van der Waals surface area contributed by atoms with Crippen LogP contribution in [0.2, 0.25) is 0 Å². The van der Waals surface area contributed by atoms with Gasteiger partial charge in [0.05, 0.1) is 11.9 Å². The number of fused-ring (bicyclic) bond motifs is 1. The molecular weight excluding hydrogens is 341 g/mol. The molecular formula is C18H12FN3S2. The van der Waals surface area contributed by atoms with Crippen LogP contribution in [0.15, 0.2) is 64.4 Å². The minimum absolute atomic E-state index is 0.282. The summed E-state index contributed by atoms with van der Waals surface area (Å²) in [4.78, 5) is 4.49. The molecule has 0 bridgehead atoms. The predicted molar refractivity (Wildman–Crippen MR) is 101 cm³/mol. The van der Waals surface area contributed by atoms with Gasteiger partial charge in [-0.1, -0.05) is 30.3 Å². The summed E-state index contributed by atoms with van der Waals surface area (Å²) in [6.07, 6.45) is 1.51. The van der Waals surface area contributed by atoms with Crippen molar-refractivity contribution in [2.24, 2.45) is 5.10 Å². The maximum atomic E-state index is 14.0. The molecule has 2 aromatic heterocycles. The van der Waals surface area contributed by atoms with Crippen LogP contribution in [0.4, 0.5) is 9.52 Å². The standard InChI is InChI=1S/C18H12FN3S2/c19-15-6-7-17-13(8-9-23-17)14(15)10-20-22-18-21-16(11-24-18)12-4-2-1-3-5-12/h1-11H,(H,21,22). The monoisotopic (exact) mass is 353 g/mol. The Labute approximate surface area is 146 Å². The normalized spacial score (nSPS) is 11.4. The Morgan fingerprint density at radius 3 is 2.79 bits per heavy atom. The summed E-state index contributed by atoms with van der Waals surface area (Å²) in [7, 11) is 0. The zero-order valence-corrected chi connectivity index (χ0v) is 14.1. The van der Waals surface area contributed by atoms with Gasteiger partial charge >= 0.3 is 0 Å². The van der Waals surface area contributed by atoms with Crippen molar-refractivity contribution in [3.05, 3.63) is 70.7 Å². The molecule has 0 unspecified atom stereocenters. The van der Waals surface area contributed by atoms with Crippen molar-refractivity contribution in [3.8, 4) is 11.3 Å². The molecule has 0 aliphatic carbocycles. The molecule has 24 heavy (non-hydrogen) atoms.